The van der Waals surface area contributed by atoms with Crippen molar-refractivity contribution in [2.45, 2.75) is 12.8 Å². The van der Waals surface area contributed by atoms with Crippen LogP contribution in [0.15, 0.2) is 54.6 Å². The zero-order chi connectivity index (χ0) is 16.5. The second kappa shape index (κ2) is 8.90. The molecule has 0 spiro atoms. The number of nitro groups is 1. The van der Waals surface area contributed by atoms with Crippen molar-refractivity contribution < 1.29 is 9.66 Å². The first kappa shape index (κ1) is 17.0. The summed E-state index contributed by atoms with van der Waals surface area (Å²) in [7, 11) is 2.08. The van der Waals surface area contributed by atoms with E-state index in [0.717, 1.165) is 37.2 Å². The topological polar surface area (TPSA) is 55.6 Å². The van der Waals surface area contributed by atoms with Gasteiger partial charge in [-0.25, -0.2) is 0 Å². The lowest BCUT2D eigenvalue weighted by atomic mass is 10.1. The highest BCUT2D eigenvalue weighted by Gasteiger charge is 2.05. The van der Waals surface area contributed by atoms with Gasteiger partial charge in [-0.05, 0) is 37.6 Å². The fourth-order valence-corrected chi connectivity index (χ4v) is 2.26. The molecule has 0 aliphatic carbocycles. The van der Waals surface area contributed by atoms with Crippen LogP contribution in [0.25, 0.3) is 0 Å². The summed E-state index contributed by atoms with van der Waals surface area (Å²) in [5.74, 6) is 0.904. The Kier molecular flexibility index (Phi) is 6.56. The number of hydrogen-bond acceptors (Lipinski definition) is 4. The highest BCUT2D eigenvalue weighted by atomic mass is 16.6. The van der Waals surface area contributed by atoms with Gasteiger partial charge in [-0.15, -0.1) is 0 Å². The van der Waals surface area contributed by atoms with Crippen molar-refractivity contribution in [2.75, 3.05) is 26.7 Å². The molecule has 0 N–H and O–H groups in total. The molecule has 23 heavy (non-hydrogen) atoms. The standard InChI is InChI=1S/C18H22N2O3/c1-19(13-5-15-23-18-6-3-2-4-7-18)14-12-16-8-10-17(11-9-16)20(21)22/h2-4,6-11H,5,12-15H2,1H3. The summed E-state index contributed by atoms with van der Waals surface area (Å²) in [6.07, 6.45) is 1.85. The molecule has 0 radical (unpaired) electrons. The largest absolute Gasteiger partial charge is 0.494 e. The van der Waals surface area contributed by atoms with Crippen LogP contribution < -0.4 is 4.74 Å². The molecule has 2 aromatic carbocycles. The monoisotopic (exact) mass is 314 g/mol. The van der Waals surface area contributed by atoms with Gasteiger partial charge in [0.05, 0.1) is 11.5 Å². The van der Waals surface area contributed by atoms with Gasteiger partial charge >= 0.3 is 0 Å². The Morgan fingerprint density at radius 3 is 2.39 bits per heavy atom. The van der Waals surface area contributed by atoms with Gasteiger partial charge in [-0.3, -0.25) is 10.1 Å². The lowest BCUT2D eigenvalue weighted by molar-refractivity contribution is -0.384. The minimum Gasteiger partial charge on any atom is -0.494 e. The molecule has 122 valence electrons. The number of non-ortho nitro benzene ring substituents is 1. The number of nitro benzene ring substituents is 1. The van der Waals surface area contributed by atoms with Crippen molar-refractivity contribution in [3.05, 3.63) is 70.3 Å². The van der Waals surface area contributed by atoms with Gasteiger partial charge in [0.15, 0.2) is 0 Å². The number of nitrogens with zero attached hydrogens (tertiary/aromatic N) is 2. The number of likely N-dealkylation sites (N-methyl/N-ethyl adjacent to an activating group) is 1. The van der Waals surface area contributed by atoms with Gasteiger partial charge in [0.25, 0.3) is 5.69 Å². The molecule has 2 aromatic rings. The summed E-state index contributed by atoms with van der Waals surface area (Å²) >= 11 is 0. The quantitative estimate of drug-likeness (QED) is 0.403. The predicted octanol–water partition coefficient (Wildman–Crippen LogP) is 3.54. The summed E-state index contributed by atoms with van der Waals surface area (Å²) in [6, 6.07) is 16.6. The van der Waals surface area contributed by atoms with E-state index in [1.165, 1.54) is 0 Å². The molecule has 0 aliphatic rings. The second-order valence-corrected chi connectivity index (χ2v) is 5.49. The Labute approximate surface area is 136 Å². The maximum absolute atomic E-state index is 10.6. The van der Waals surface area contributed by atoms with E-state index in [1.54, 1.807) is 12.1 Å². The molecule has 0 fully saturated rings. The minimum absolute atomic E-state index is 0.139. The molecule has 0 saturated carbocycles. The number of rotatable bonds is 9. The van der Waals surface area contributed by atoms with Crippen molar-refractivity contribution >= 4 is 5.69 Å². The van der Waals surface area contributed by atoms with E-state index < -0.39 is 0 Å². The molecule has 0 atom stereocenters. The molecule has 0 unspecified atom stereocenters. The zero-order valence-electron chi connectivity index (χ0n) is 13.4. The van der Waals surface area contributed by atoms with Crippen LogP contribution in [0.5, 0.6) is 5.75 Å². The second-order valence-electron chi connectivity index (χ2n) is 5.49. The average molecular weight is 314 g/mol. The molecule has 0 aromatic heterocycles. The minimum atomic E-state index is -0.372. The third-order valence-electron chi connectivity index (χ3n) is 3.63. The van der Waals surface area contributed by atoms with Crippen LogP contribution >= 0.6 is 0 Å². The number of hydrogen-bond donors (Lipinski definition) is 0. The van der Waals surface area contributed by atoms with Crippen molar-refractivity contribution in [3.8, 4) is 5.75 Å². The zero-order valence-corrected chi connectivity index (χ0v) is 13.4. The lowest BCUT2D eigenvalue weighted by Crippen LogP contribution is -2.23. The van der Waals surface area contributed by atoms with Crippen LogP contribution in [0, 0.1) is 10.1 Å². The Morgan fingerprint density at radius 1 is 1.04 bits per heavy atom. The fourth-order valence-electron chi connectivity index (χ4n) is 2.26. The van der Waals surface area contributed by atoms with Gasteiger partial charge in [0, 0.05) is 25.2 Å². The van der Waals surface area contributed by atoms with Crippen molar-refractivity contribution in [1.29, 1.82) is 0 Å². The van der Waals surface area contributed by atoms with Crippen molar-refractivity contribution in [3.63, 3.8) is 0 Å². The molecule has 0 bridgehead atoms. The van der Waals surface area contributed by atoms with E-state index in [4.69, 9.17) is 4.74 Å². The Balaban J connectivity index is 1.63. The fraction of sp³-hybridized carbons (Fsp3) is 0.333. The Bertz CT molecular complexity index is 599. The molecule has 0 saturated heterocycles. The first-order chi connectivity index (χ1) is 11.1. The van der Waals surface area contributed by atoms with Crippen LogP contribution in [0.1, 0.15) is 12.0 Å². The lowest BCUT2D eigenvalue weighted by Gasteiger charge is -2.16. The van der Waals surface area contributed by atoms with Crippen LogP contribution in [0.3, 0.4) is 0 Å². The van der Waals surface area contributed by atoms with Gasteiger partial charge in [0.1, 0.15) is 5.75 Å². The third kappa shape index (κ3) is 6.08. The first-order valence-electron chi connectivity index (χ1n) is 7.75. The van der Waals surface area contributed by atoms with E-state index in [-0.39, 0.29) is 10.6 Å². The Hall–Kier alpha value is -2.40. The molecular weight excluding hydrogens is 292 g/mol. The molecule has 5 nitrogen and oxygen atoms in total. The van der Waals surface area contributed by atoms with Crippen LogP contribution in [0.2, 0.25) is 0 Å². The van der Waals surface area contributed by atoms with Gasteiger partial charge in [-0.1, -0.05) is 30.3 Å². The van der Waals surface area contributed by atoms with Crippen LogP contribution in [0.4, 0.5) is 5.69 Å². The van der Waals surface area contributed by atoms with Gasteiger partial charge in [0.2, 0.25) is 0 Å². The SMILES string of the molecule is CN(CCCOc1ccccc1)CCc1ccc([N+](=O)[O-])cc1. The third-order valence-corrected chi connectivity index (χ3v) is 3.63. The van der Waals surface area contributed by atoms with Gasteiger partial charge in [-0.2, -0.15) is 0 Å². The maximum atomic E-state index is 10.6. The normalized spacial score (nSPS) is 10.7. The van der Waals surface area contributed by atoms with Gasteiger partial charge < -0.3 is 9.64 Å². The van der Waals surface area contributed by atoms with Crippen molar-refractivity contribution in [2.24, 2.45) is 0 Å². The average Bonchev–Trinajstić information content (AvgIpc) is 2.58. The molecule has 0 amide bonds. The maximum Gasteiger partial charge on any atom is 0.269 e. The summed E-state index contributed by atoms with van der Waals surface area (Å²) in [5.41, 5.74) is 1.25. The smallest absolute Gasteiger partial charge is 0.269 e. The summed E-state index contributed by atoms with van der Waals surface area (Å²) in [4.78, 5) is 12.5. The number of benzene rings is 2. The molecular formula is C18H22N2O3. The summed E-state index contributed by atoms with van der Waals surface area (Å²) in [6.45, 7) is 2.58. The first-order valence-corrected chi connectivity index (χ1v) is 7.75. The number of para-hydroxylation sites is 1. The van der Waals surface area contributed by atoms with E-state index in [0.29, 0.717) is 6.61 Å². The van der Waals surface area contributed by atoms with E-state index in [9.17, 15) is 10.1 Å². The highest BCUT2D eigenvalue weighted by Crippen LogP contribution is 2.12. The summed E-state index contributed by atoms with van der Waals surface area (Å²) in [5, 5.41) is 10.6. The molecule has 2 rings (SSSR count). The number of ether oxygens (including phenoxy) is 1. The van der Waals surface area contributed by atoms with Crippen LogP contribution in [-0.4, -0.2) is 36.6 Å². The van der Waals surface area contributed by atoms with Crippen LogP contribution in [-0.2, 0) is 6.42 Å². The molecule has 5 heteroatoms. The van der Waals surface area contributed by atoms with E-state index >= 15 is 0 Å². The molecule has 0 aliphatic heterocycles. The van der Waals surface area contributed by atoms with E-state index in [2.05, 4.69) is 11.9 Å². The van der Waals surface area contributed by atoms with E-state index in [1.807, 2.05) is 42.5 Å². The van der Waals surface area contributed by atoms with Crippen molar-refractivity contribution in [1.82, 2.24) is 4.90 Å². The molecule has 0 heterocycles. The summed E-state index contributed by atoms with van der Waals surface area (Å²) < 4.78 is 5.66. The predicted molar refractivity (Wildman–Crippen MR) is 90.9 cm³/mol. The Morgan fingerprint density at radius 2 is 1.74 bits per heavy atom. The highest BCUT2D eigenvalue weighted by molar-refractivity contribution is 5.32.